The number of hydrogen-bond acceptors (Lipinski definition) is 4. The Hall–Kier alpha value is -1.62. The highest BCUT2D eigenvalue weighted by molar-refractivity contribution is 5.92. The molecule has 3 atom stereocenters. The van der Waals surface area contributed by atoms with Crippen LogP contribution < -0.4 is 15.4 Å². The molecule has 1 saturated heterocycles. The minimum absolute atomic E-state index is 0.117. The lowest BCUT2D eigenvalue weighted by molar-refractivity contribution is 0.0923. The van der Waals surface area contributed by atoms with Crippen LogP contribution in [0.15, 0.2) is 18.3 Å². The van der Waals surface area contributed by atoms with Gasteiger partial charge in [0.15, 0.2) is 0 Å². The van der Waals surface area contributed by atoms with E-state index in [1.165, 1.54) is 6.42 Å². The van der Waals surface area contributed by atoms with E-state index in [-0.39, 0.29) is 11.9 Å². The van der Waals surface area contributed by atoms with E-state index in [4.69, 9.17) is 4.74 Å². The van der Waals surface area contributed by atoms with Gasteiger partial charge in [-0.15, -0.1) is 0 Å². The van der Waals surface area contributed by atoms with E-state index in [0.717, 1.165) is 18.9 Å². The summed E-state index contributed by atoms with van der Waals surface area (Å²) in [5.74, 6) is 1.26. The first kappa shape index (κ1) is 11.5. The molecule has 2 bridgehead atoms. The maximum atomic E-state index is 12.1. The predicted octanol–water partition coefficient (Wildman–Crippen LogP) is 0.570. The van der Waals surface area contributed by atoms with Gasteiger partial charge in [0.05, 0.1) is 7.11 Å². The SMILES string of the molecule is COc1ccnc(C(=O)NC2CC3CNC2C3)c1. The van der Waals surface area contributed by atoms with E-state index in [1.54, 1.807) is 25.4 Å². The summed E-state index contributed by atoms with van der Waals surface area (Å²) in [5, 5.41) is 6.48. The Kier molecular flexibility index (Phi) is 2.91. The van der Waals surface area contributed by atoms with Crippen LogP contribution in [0.3, 0.4) is 0 Å². The fourth-order valence-corrected chi connectivity index (χ4v) is 2.92. The van der Waals surface area contributed by atoms with Crippen molar-refractivity contribution in [2.75, 3.05) is 13.7 Å². The topological polar surface area (TPSA) is 63.2 Å². The number of piperidine rings is 1. The van der Waals surface area contributed by atoms with Gasteiger partial charge in [0.2, 0.25) is 0 Å². The summed E-state index contributed by atoms with van der Waals surface area (Å²) in [7, 11) is 1.58. The van der Waals surface area contributed by atoms with Crippen molar-refractivity contribution >= 4 is 5.91 Å². The zero-order valence-corrected chi connectivity index (χ0v) is 10.3. The lowest BCUT2D eigenvalue weighted by Crippen LogP contribution is -2.48. The lowest BCUT2D eigenvalue weighted by Gasteiger charge is -2.23. The van der Waals surface area contributed by atoms with Gasteiger partial charge in [-0.3, -0.25) is 9.78 Å². The number of rotatable bonds is 3. The first-order valence-corrected chi connectivity index (χ1v) is 6.30. The Morgan fingerprint density at radius 2 is 2.44 bits per heavy atom. The summed E-state index contributed by atoms with van der Waals surface area (Å²) in [6, 6.07) is 4.07. The number of nitrogens with one attached hydrogen (secondary N) is 2. The van der Waals surface area contributed by atoms with Crippen LogP contribution in [0.5, 0.6) is 5.75 Å². The highest BCUT2D eigenvalue weighted by atomic mass is 16.5. The maximum Gasteiger partial charge on any atom is 0.270 e. The van der Waals surface area contributed by atoms with E-state index in [0.29, 0.717) is 17.5 Å². The molecule has 2 heterocycles. The highest BCUT2D eigenvalue weighted by Gasteiger charge is 2.40. The molecule has 3 unspecified atom stereocenters. The van der Waals surface area contributed by atoms with E-state index in [2.05, 4.69) is 15.6 Å². The molecule has 2 N–H and O–H groups in total. The summed E-state index contributed by atoms with van der Waals surface area (Å²) >= 11 is 0. The first-order chi connectivity index (χ1) is 8.76. The molecule has 18 heavy (non-hydrogen) atoms. The van der Waals surface area contributed by atoms with Crippen molar-refractivity contribution < 1.29 is 9.53 Å². The smallest absolute Gasteiger partial charge is 0.270 e. The number of nitrogens with zero attached hydrogens (tertiary/aromatic N) is 1. The summed E-state index contributed by atoms with van der Waals surface area (Å²) < 4.78 is 5.09. The molecule has 2 aliphatic rings. The molecule has 0 aromatic carbocycles. The van der Waals surface area contributed by atoms with E-state index < -0.39 is 0 Å². The normalized spacial score (nSPS) is 29.3. The Bertz CT molecular complexity index is 463. The monoisotopic (exact) mass is 247 g/mol. The molecule has 5 nitrogen and oxygen atoms in total. The zero-order valence-electron chi connectivity index (χ0n) is 10.3. The second kappa shape index (κ2) is 4.57. The number of hydrogen-bond donors (Lipinski definition) is 2. The number of ether oxygens (including phenoxy) is 1. The van der Waals surface area contributed by atoms with Crippen LogP contribution in [-0.2, 0) is 0 Å². The molecule has 1 aliphatic carbocycles. The number of carbonyl (C=O) groups is 1. The molecule has 0 radical (unpaired) electrons. The Balaban J connectivity index is 1.67. The minimum atomic E-state index is -0.117. The van der Waals surface area contributed by atoms with Crippen LogP contribution in [0.4, 0.5) is 0 Å². The number of pyridine rings is 1. The number of carbonyl (C=O) groups excluding carboxylic acids is 1. The molecule has 1 saturated carbocycles. The van der Waals surface area contributed by atoms with Gasteiger partial charge in [-0.25, -0.2) is 0 Å². The molecule has 3 rings (SSSR count). The molecule has 2 fully saturated rings. The number of aromatic nitrogens is 1. The fraction of sp³-hybridized carbons (Fsp3) is 0.538. The van der Waals surface area contributed by atoms with Crippen LogP contribution >= 0.6 is 0 Å². The average Bonchev–Trinajstić information content (AvgIpc) is 3.01. The van der Waals surface area contributed by atoms with E-state index in [9.17, 15) is 4.79 Å². The van der Waals surface area contributed by atoms with Crippen molar-refractivity contribution in [3.05, 3.63) is 24.0 Å². The molecular formula is C13H17N3O2. The Morgan fingerprint density at radius 1 is 1.56 bits per heavy atom. The van der Waals surface area contributed by atoms with Gasteiger partial charge >= 0.3 is 0 Å². The van der Waals surface area contributed by atoms with Crippen LogP contribution in [0, 0.1) is 5.92 Å². The maximum absolute atomic E-state index is 12.1. The third kappa shape index (κ3) is 2.06. The van der Waals surface area contributed by atoms with Crippen LogP contribution in [0.2, 0.25) is 0 Å². The average molecular weight is 247 g/mol. The van der Waals surface area contributed by atoms with E-state index in [1.807, 2.05) is 0 Å². The summed E-state index contributed by atoms with van der Waals surface area (Å²) in [6.07, 6.45) is 3.84. The van der Waals surface area contributed by atoms with Crippen LogP contribution in [0.25, 0.3) is 0 Å². The second-order valence-electron chi connectivity index (χ2n) is 5.01. The Labute approximate surface area is 106 Å². The van der Waals surface area contributed by atoms with Gasteiger partial charge in [0.1, 0.15) is 11.4 Å². The van der Waals surface area contributed by atoms with Crippen molar-refractivity contribution in [3.8, 4) is 5.75 Å². The lowest BCUT2D eigenvalue weighted by atomic mass is 10.1. The molecular weight excluding hydrogens is 230 g/mol. The fourth-order valence-electron chi connectivity index (χ4n) is 2.92. The summed E-state index contributed by atoms with van der Waals surface area (Å²) in [4.78, 5) is 16.2. The van der Waals surface area contributed by atoms with Gasteiger partial charge in [-0.2, -0.15) is 0 Å². The third-order valence-corrected chi connectivity index (χ3v) is 3.85. The van der Waals surface area contributed by atoms with Gasteiger partial charge in [-0.05, 0) is 31.4 Å². The van der Waals surface area contributed by atoms with Crippen LogP contribution in [-0.4, -0.2) is 36.6 Å². The van der Waals surface area contributed by atoms with Crippen LogP contribution in [0.1, 0.15) is 23.3 Å². The number of amides is 1. The predicted molar refractivity (Wildman–Crippen MR) is 66.6 cm³/mol. The zero-order chi connectivity index (χ0) is 12.5. The molecule has 1 aromatic rings. The molecule has 5 heteroatoms. The summed E-state index contributed by atoms with van der Waals surface area (Å²) in [6.45, 7) is 1.09. The van der Waals surface area contributed by atoms with Gasteiger partial charge in [-0.1, -0.05) is 0 Å². The minimum Gasteiger partial charge on any atom is -0.497 e. The first-order valence-electron chi connectivity index (χ1n) is 6.30. The molecule has 0 spiro atoms. The van der Waals surface area contributed by atoms with Crippen molar-refractivity contribution in [1.82, 2.24) is 15.6 Å². The molecule has 1 amide bonds. The second-order valence-corrected chi connectivity index (χ2v) is 5.01. The third-order valence-electron chi connectivity index (χ3n) is 3.85. The van der Waals surface area contributed by atoms with Crippen molar-refractivity contribution in [2.24, 2.45) is 5.92 Å². The Morgan fingerprint density at radius 3 is 3.11 bits per heavy atom. The quantitative estimate of drug-likeness (QED) is 0.819. The standard InChI is InChI=1S/C13H17N3O2/c1-18-9-2-3-14-12(6-9)13(17)16-11-5-8-4-10(11)15-7-8/h2-3,6,8,10-11,15H,4-5,7H2,1H3,(H,16,17). The van der Waals surface area contributed by atoms with Gasteiger partial charge < -0.3 is 15.4 Å². The van der Waals surface area contributed by atoms with Gasteiger partial charge in [0.25, 0.3) is 5.91 Å². The molecule has 1 aliphatic heterocycles. The van der Waals surface area contributed by atoms with Gasteiger partial charge in [0, 0.05) is 24.3 Å². The van der Waals surface area contributed by atoms with Crippen molar-refractivity contribution in [3.63, 3.8) is 0 Å². The number of fused-ring (bicyclic) bond motifs is 2. The number of methoxy groups -OCH3 is 1. The molecule has 96 valence electrons. The van der Waals surface area contributed by atoms with E-state index >= 15 is 0 Å². The van der Waals surface area contributed by atoms with Crippen molar-refractivity contribution in [2.45, 2.75) is 24.9 Å². The highest BCUT2D eigenvalue weighted by Crippen LogP contribution is 2.31. The largest absolute Gasteiger partial charge is 0.497 e. The summed E-state index contributed by atoms with van der Waals surface area (Å²) in [5.41, 5.74) is 0.414. The molecule has 1 aromatic heterocycles. The van der Waals surface area contributed by atoms with Crippen molar-refractivity contribution in [1.29, 1.82) is 0 Å².